The Balaban J connectivity index is 1.63. The minimum Gasteiger partial charge on any atom is -0.304 e. The van der Waals surface area contributed by atoms with Crippen molar-refractivity contribution in [1.29, 1.82) is 0 Å². The Bertz CT molecular complexity index is 644. The van der Waals surface area contributed by atoms with E-state index in [0.717, 1.165) is 30.0 Å². The molecule has 4 aliphatic rings. The van der Waals surface area contributed by atoms with Crippen LogP contribution in [0.1, 0.15) is 44.3 Å². The Kier molecular flexibility index (Phi) is 2.80. The predicted molar refractivity (Wildman–Crippen MR) is 76.7 cm³/mol. The molecule has 4 saturated carbocycles. The molecular formula is C14H22N4O2S. The molecule has 7 heteroatoms. The molecule has 4 fully saturated rings. The zero-order chi connectivity index (χ0) is 14.8. The molecule has 116 valence electrons. The molecule has 0 saturated heterocycles. The molecule has 4 bridgehead atoms. The number of hydrogen-bond acceptors (Lipinski definition) is 4. The van der Waals surface area contributed by atoms with Crippen LogP contribution in [0.2, 0.25) is 0 Å². The van der Waals surface area contributed by atoms with Crippen LogP contribution in [-0.4, -0.2) is 23.2 Å². The van der Waals surface area contributed by atoms with Gasteiger partial charge in [-0.1, -0.05) is 0 Å². The van der Waals surface area contributed by atoms with Gasteiger partial charge >= 0.3 is 0 Å². The fourth-order valence-corrected chi connectivity index (χ4v) is 6.23. The fourth-order valence-electron chi connectivity index (χ4n) is 5.59. The van der Waals surface area contributed by atoms with Crippen LogP contribution in [0, 0.1) is 23.2 Å². The van der Waals surface area contributed by atoms with Gasteiger partial charge in [-0.15, -0.1) is 10.2 Å². The van der Waals surface area contributed by atoms with Crippen LogP contribution in [-0.2, 0) is 23.5 Å². The molecule has 2 N–H and O–H groups in total. The second-order valence-electron chi connectivity index (χ2n) is 7.60. The summed E-state index contributed by atoms with van der Waals surface area (Å²) in [6.07, 6.45) is 8.88. The quantitative estimate of drug-likeness (QED) is 0.908. The van der Waals surface area contributed by atoms with E-state index in [2.05, 4.69) is 10.2 Å². The van der Waals surface area contributed by atoms with Crippen LogP contribution in [0.15, 0.2) is 5.16 Å². The first kappa shape index (κ1) is 13.7. The Morgan fingerprint density at radius 2 is 1.67 bits per heavy atom. The van der Waals surface area contributed by atoms with Gasteiger partial charge in [0.05, 0.1) is 0 Å². The van der Waals surface area contributed by atoms with Crippen molar-refractivity contribution in [3.05, 3.63) is 5.82 Å². The summed E-state index contributed by atoms with van der Waals surface area (Å²) >= 11 is 0. The molecule has 4 aliphatic carbocycles. The number of sulfonamides is 1. The van der Waals surface area contributed by atoms with Gasteiger partial charge < -0.3 is 4.57 Å². The molecule has 0 radical (unpaired) electrons. The largest absolute Gasteiger partial charge is 0.304 e. The maximum absolute atomic E-state index is 11.5. The van der Waals surface area contributed by atoms with Gasteiger partial charge in [-0.05, 0) is 61.7 Å². The summed E-state index contributed by atoms with van der Waals surface area (Å²) in [5, 5.41) is 13.0. The van der Waals surface area contributed by atoms with Gasteiger partial charge in [0.25, 0.3) is 15.2 Å². The molecule has 21 heavy (non-hydrogen) atoms. The average molecular weight is 310 g/mol. The standard InChI is InChI=1S/C14H22N4O2S/c1-18-12(16-17-13(18)21(15,19)20)8-14-5-9-2-10(6-14)4-11(3-9)7-14/h9-11H,2-8H2,1H3,(H2,15,19,20). The monoisotopic (exact) mass is 310 g/mol. The first-order valence-electron chi connectivity index (χ1n) is 7.76. The Morgan fingerprint density at radius 3 is 2.10 bits per heavy atom. The van der Waals surface area contributed by atoms with Gasteiger partial charge in [-0.25, -0.2) is 13.6 Å². The van der Waals surface area contributed by atoms with Crippen LogP contribution < -0.4 is 5.14 Å². The third-order valence-corrected chi connectivity index (χ3v) is 6.74. The van der Waals surface area contributed by atoms with E-state index >= 15 is 0 Å². The highest BCUT2D eigenvalue weighted by atomic mass is 32.2. The van der Waals surface area contributed by atoms with E-state index < -0.39 is 10.0 Å². The third kappa shape index (κ3) is 2.21. The lowest BCUT2D eigenvalue weighted by molar-refractivity contribution is -0.0535. The van der Waals surface area contributed by atoms with Gasteiger partial charge in [0, 0.05) is 13.5 Å². The van der Waals surface area contributed by atoms with Gasteiger partial charge in [0.15, 0.2) is 0 Å². The Morgan fingerprint density at radius 1 is 1.14 bits per heavy atom. The van der Waals surface area contributed by atoms with Crippen LogP contribution >= 0.6 is 0 Å². The first-order valence-corrected chi connectivity index (χ1v) is 9.30. The molecule has 5 rings (SSSR count). The van der Waals surface area contributed by atoms with Crippen molar-refractivity contribution in [2.75, 3.05) is 0 Å². The van der Waals surface area contributed by atoms with E-state index in [9.17, 15) is 8.42 Å². The molecule has 0 unspecified atom stereocenters. The van der Waals surface area contributed by atoms with Gasteiger partial charge in [-0.3, -0.25) is 0 Å². The van der Waals surface area contributed by atoms with Gasteiger partial charge in [0.1, 0.15) is 5.82 Å². The number of hydrogen-bond donors (Lipinski definition) is 1. The predicted octanol–water partition coefficient (Wildman–Crippen LogP) is 1.22. The third-order valence-electron chi connectivity index (χ3n) is 5.88. The van der Waals surface area contributed by atoms with E-state index in [1.54, 1.807) is 11.6 Å². The Hall–Kier alpha value is -0.950. The van der Waals surface area contributed by atoms with E-state index in [1.807, 2.05) is 0 Å². The number of primary sulfonamides is 1. The second kappa shape index (κ2) is 4.29. The van der Waals surface area contributed by atoms with E-state index in [1.165, 1.54) is 38.5 Å². The lowest BCUT2D eigenvalue weighted by Crippen LogP contribution is -2.47. The SMILES string of the molecule is Cn1c(CC23CC4CC(CC(C4)C2)C3)nnc1S(N)(=O)=O. The lowest BCUT2D eigenvalue weighted by atomic mass is 9.49. The summed E-state index contributed by atoms with van der Waals surface area (Å²) in [6, 6.07) is 0. The van der Waals surface area contributed by atoms with Crippen molar-refractivity contribution in [2.24, 2.45) is 35.4 Å². The van der Waals surface area contributed by atoms with Crippen LogP contribution in [0.5, 0.6) is 0 Å². The van der Waals surface area contributed by atoms with E-state index in [-0.39, 0.29) is 5.16 Å². The topological polar surface area (TPSA) is 90.9 Å². The van der Waals surface area contributed by atoms with Crippen molar-refractivity contribution in [3.63, 3.8) is 0 Å². The second-order valence-corrected chi connectivity index (χ2v) is 9.05. The molecule has 0 atom stereocenters. The first-order chi connectivity index (χ1) is 9.85. The zero-order valence-electron chi connectivity index (χ0n) is 12.3. The zero-order valence-corrected chi connectivity index (χ0v) is 13.1. The summed E-state index contributed by atoms with van der Waals surface area (Å²) in [7, 11) is -2.09. The van der Waals surface area contributed by atoms with Crippen molar-refractivity contribution in [2.45, 2.75) is 50.1 Å². The summed E-state index contributed by atoms with van der Waals surface area (Å²) in [5.41, 5.74) is 0.325. The highest BCUT2D eigenvalue weighted by molar-refractivity contribution is 7.89. The van der Waals surface area contributed by atoms with Crippen molar-refractivity contribution in [3.8, 4) is 0 Å². The Labute approximate surface area is 125 Å². The summed E-state index contributed by atoms with van der Waals surface area (Å²) < 4.78 is 24.5. The molecular weight excluding hydrogens is 288 g/mol. The van der Waals surface area contributed by atoms with E-state index in [0.29, 0.717) is 5.41 Å². The average Bonchev–Trinajstić information content (AvgIpc) is 2.68. The van der Waals surface area contributed by atoms with Crippen molar-refractivity contribution >= 4 is 10.0 Å². The molecule has 0 aromatic carbocycles. The van der Waals surface area contributed by atoms with Crippen LogP contribution in [0.25, 0.3) is 0 Å². The molecule has 0 aliphatic heterocycles. The smallest absolute Gasteiger partial charge is 0.273 e. The fraction of sp³-hybridized carbons (Fsp3) is 0.857. The molecule has 1 aromatic heterocycles. The minimum absolute atomic E-state index is 0.123. The van der Waals surface area contributed by atoms with Crippen molar-refractivity contribution in [1.82, 2.24) is 14.8 Å². The summed E-state index contributed by atoms with van der Waals surface area (Å²) in [4.78, 5) is 0. The summed E-state index contributed by atoms with van der Waals surface area (Å²) in [5.74, 6) is 3.40. The van der Waals surface area contributed by atoms with Gasteiger partial charge in [-0.2, -0.15) is 0 Å². The number of nitrogens with two attached hydrogens (primary N) is 1. The highest BCUT2D eigenvalue weighted by Crippen LogP contribution is 2.60. The van der Waals surface area contributed by atoms with Crippen molar-refractivity contribution < 1.29 is 8.42 Å². The van der Waals surface area contributed by atoms with E-state index in [4.69, 9.17) is 5.14 Å². The molecule has 1 aromatic rings. The molecule has 1 heterocycles. The highest BCUT2D eigenvalue weighted by Gasteiger charge is 2.51. The lowest BCUT2D eigenvalue weighted by Gasteiger charge is -2.56. The van der Waals surface area contributed by atoms with Crippen LogP contribution in [0.4, 0.5) is 0 Å². The van der Waals surface area contributed by atoms with Gasteiger partial charge in [0.2, 0.25) is 0 Å². The molecule has 0 spiro atoms. The van der Waals surface area contributed by atoms with Crippen LogP contribution in [0.3, 0.4) is 0 Å². The maximum Gasteiger partial charge on any atom is 0.273 e. The minimum atomic E-state index is -3.79. The number of nitrogens with zero attached hydrogens (tertiary/aromatic N) is 3. The molecule has 0 amide bonds. The maximum atomic E-state index is 11.5. The number of aromatic nitrogens is 3. The normalized spacial score (nSPS) is 38.1. The molecule has 6 nitrogen and oxygen atoms in total. The summed E-state index contributed by atoms with van der Waals surface area (Å²) in [6.45, 7) is 0. The number of rotatable bonds is 3.